The summed E-state index contributed by atoms with van der Waals surface area (Å²) in [6, 6.07) is 4.88. The first-order valence-electron chi connectivity index (χ1n) is 5.93. The molecule has 0 spiro atoms. The molecule has 2 rings (SSSR count). The van der Waals surface area contributed by atoms with Crippen LogP contribution in [0.3, 0.4) is 0 Å². The number of hydrogen-bond donors (Lipinski definition) is 1. The summed E-state index contributed by atoms with van der Waals surface area (Å²) in [6.45, 7) is 2.30. The van der Waals surface area contributed by atoms with E-state index in [0.29, 0.717) is 6.54 Å². The van der Waals surface area contributed by atoms with Crippen molar-refractivity contribution in [2.24, 2.45) is 0 Å². The van der Waals surface area contributed by atoms with Crippen LogP contribution in [-0.4, -0.2) is 34.5 Å². The number of benzene rings is 1. The highest BCUT2D eigenvalue weighted by Gasteiger charge is 2.30. The molecule has 1 amide bonds. The zero-order valence-corrected chi connectivity index (χ0v) is 12.1. The van der Waals surface area contributed by atoms with E-state index in [1.807, 2.05) is 25.1 Å². The average molecular weight is 324 g/mol. The van der Waals surface area contributed by atoms with Crippen LogP contribution in [0, 0.1) is 6.92 Å². The molecule has 4 nitrogen and oxygen atoms in total. The number of amides is 1. The fourth-order valence-corrected chi connectivity index (χ4v) is 2.59. The van der Waals surface area contributed by atoms with E-state index in [2.05, 4.69) is 15.9 Å². The quantitative estimate of drug-likeness (QED) is 0.867. The third-order valence-electron chi connectivity index (χ3n) is 3.18. The molecular weight excluding hydrogens is 310 g/mol. The normalized spacial score (nSPS) is 17.8. The lowest BCUT2D eigenvalue weighted by Crippen LogP contribution is -2.41. The molecule has 1 N–H and O–H groups in total. The highest BCUT2D eigenvalue weighted by molar-refractivity contribution is 9.10. The van der Waals surface area contributed by atoms with E-state index >= 15 is 0 Å². The van der Waals surface area contributed by atoms with Gasteiger partial charge in [-0.2, -0.15) is 0 Å². The molecule has 1 aliphatic rings. The number of carbonyl (C=O) groups excluding carboxylic acids is 1. The molecule has 1 heterocycles. The van der Waals surface area contributed by atoms with Gasteiger partial charge in [0, 0.05) is 11.0 Å². The summed E-state index contributed by atoms with van der Waals surface area (Å²) in [4.78, 5) is 24.6. The summed E-state index contributed by atoms with van der Waals surface area (Å²) in [7, 11) is 0. The summed E-state index contributed by atoms with van der Waals surface area (Å²) in [5.41, 5.74) is 1.94. The van der Waals surface area contributed by atoms with Gasteiger partial charge in [0.25, 0.3) is 0 Å². The van der Waals surface area contributed by atoms with Crippen LogP contribution < -0.4 is 0 Å². The molecule has 0 aliphatic carbocycles. The standard InChI is InChI=1S/C14H14BrNO3/c1-9-7-11(15)5-4-10(9)8-13(17)16-6-2-3-12(16)14(18)19/h2-5,7,12H,6,8H2,1H3,(H,18,19). The number of rotatable bonds is 3. The second kappa shape index (κ2) is 5.57. The van der Waals surface area contributed by atoms with Crippen molar-refractivity contribution in [1.82, 2.24) is 4.90 Å². The first-order chi connectivity index (χ1) is 8.99. The van der Waals surface area contributed by atoms with E-state index in [-0.39, 0.29) is 12.3 Å². The van der Waals surface area contributed by atoms with Crippen LogP contribution in [-0.2, 0) is 16.0 Å². The third kappa shape index (κ3) is 3.04. The third-order valence-corrected chi connectivity index (χ3v) is 3.67. The lowest BCUT2D eigenvalue weighted by atomic mass is 10.1. The Hall–Kier alpha value is -1.62. The summed E-state index contributed by atoms with van der Waals surface area (Å²) in [5, 5.41) is 9.04. The number of aryl methyl sites for hydroxylation is 1. The Morgan fingerprint density at radius 1 is 1.47 bits per heavy atom. The first-order valence-corrected chi connectivity index (χ1v) is 6.72. The number of carboxylic acid groups (broad SMARTS) is 1. The van der Waals surface area contributed by atoms with E-state index in [1.165, 1.54) is 4.90 Å². The van der Waals surface area contributed by atoms with Crippen molar-refractivity contribution in [1.29, 1.82) is 0 Å². The average Bonchev–Trinajstić information content (AvgIpc) is 2.82. The Morgan fingerprint density at radius 3 is 2.84 bits per heavy atom. The van der Waals surface area contributed by atoms with Crippen LogP contribution in [0.25, 0.3) is 0 Å². The molecule has 1 aliphatic heterocycles. The van der Waals surface area contributed by atoms with Crippen molar-refractivity contribution in [2.75, 3.05) is 6.54 Å². The van der Waals surface area contributed by atoms with Crippen LogP contribution in [0.4, 0.5) is 0 Å². The maximum Gasteiger partial charge on any atom is 0.330 e. The zero-order chi connectivity index (χ0) is 14.0. The van der Waals surface area contributed by atoms with Crippen molar-refractivity contribution >= 4 is 27.8 Å². The minimum Gasteiger partial charge on any atom is -0.479 e. The van der Waals surface area contributed by atoms with Gasteiger partial charge < -0.3 is 10.0 Å². The molecule has 1 unspecified atom stereocenters. The molecule has 0 aromatic heterocycles. The van der Waals surface area contributed by atoms with Crippen molar-refractivity contribution in [3.8, 4) is 0 Å². The molecule has 5 heteroatoms. The number of aliphatic carboxylic acids is 1. The number of carboxylic acids is 1. The van der Waals surface area contributed by atoms with Gasteiger partial charge in [-0.3, -0.25) is 4.79 Å². The van der Waals surface area contributed by atoms with Crippen molar-refractivity contribution < 1.29 is 14.7 Å². The van der Waals surface area contributed by atoms with Gasteiger partial charge >= 0.3 is 5.97 Å². The number of nitrogens with zero attached hydrogens (tertiary/aromatic N) is 1. The molecule has 0 bridgehead atoms. The Kier molecular flexibility index (Phi) is 4.04. The zero-order valence-electron chi connectivity index (χ0n) is 10.5. The monoisotopic (exact) mass is 323 g/mol. The number of hydrogen-bond acceptors (Lipinski definition) is 2. The first kappa shape index (κ1) is 13.8. The molecule has 0 fully saturated rings. The van der Waals surface area contributed by atoms with Gasteiger partial charge in [-0.1, -0.05) is 34.1 Å². The van der Waals surface area contributed by atoms with Gasteiger partial charge in [0.1, 0.15) is 6.04 Å². The Morgan fingerprint density at radius 2 is 2.21 bits per heavy atom. The predicted octanol–water partition coefficient (Wildman–Crippen LogP) is 2.15. The van der Waals surface area contributed by atoms with Crippen LogP contribution in [0.15, 0.2) is 34.8 Å². The van der Waals surface area contributed by atoms with E-state index in [0.717, 1.165) is 15.6 Å². The van der Waals surface area contributed by atoms with E-state index < -0.39 is 12.0 Å². The largest absolute Gasteiger partial charge is 0.479 e. The molecule has 1 atom stereocenters. The van der Waals surface area contributed by atoms with E-state index in [9.17, 15) is 9.59 Å². The van der Waals surface area contributed by atoms with Gasteiger partial charge in [0.05, 0.1) is 6.42 Å². The van der Waals surface area contributed by atoms with Crippen LogP contribution in [0.1, 0.15) is 11.1 Å². The summed E-state index contributed by atoms with van der Waals surface area (Å²) >= 11 is 3.37. The van der Waals surface area contributed by atoms with Crippen molar-refractivity contribution in [3.63, 3.8) is 0 Å². The minimum atomic E-state index is -0.991. The highest BCUT2D eigenvalue weighted by atomic mass is 79.9. The molecule has 1 aromatic carbocycles. The summed E-state index contributed by atoms with van der Waals surface area (Å²) in [6.07, 6.45) is 3.49. The Bertz CT molecular complexity index is 554. The molecule has 0 radical (unpaired) electrons. The summed E-state index contributed by atoms with van der Waals surface area (Å²) < 4.78 is 0.965. The predicted molar refractivity (Wildman–Crippen MR) is 74.9 cm³/mol. The maximum absolute atomic E-state index is 12.2. The van der Waals surface area contributed by atoms with Crippen molar-refractivity contribution in [3.05, 3.63) is 46.0 Å². The molecule has 100 valence electrons. The minimum absolute atomic E-state index is 0.164. The topological polar surface area (TPSA) is 57.6 Å². The van der Waals surface area contributed by atoms with Crippen LogP contribution in [0.2, 0.25) is 0 Å². The van der Waals surface area contributed by atoms with E-state index in [1.54, 1.807) is 12.2 Å². The van der Waals surface area contributed by atoms with Gasteiger partial charge in [-0.05, 0) is 30.2 Å². The second-order valence-corrected chi connectivity index (χ2v) is 5.42. The molecule has 19 heavy (non-hydrogen) atoms. The van der Waals surface area contributed by atoms with Crippen molar-refractivity contribution in [2.45, 2.75) is 19.4 Å². The fraction of sp³-hybridized carbons (Fsp3) is 0.286. The lowest BCUT2D eigenvalue weighted by molar-refractivity contribution is -0.146. The van der Waals surface area contributed by atoms with Crippen LogP contribution in [0.5, 0.6) is 0 Å². The summed E-state index contributed by atoms with van der Waals surface area (Å²) in [5.74, 6) is -1.16. The Labute approximate surface area is 119 Å². The van der Waals surface area contributed by atoms with E-state index in [4.69, 9.17) is 5.11 Å². The molecule has 0 saturated heterocycles. The Balaban J connectivity index is 2.11. The van der Waals surface area contributed by atoms with Gasteiger partial charge in [0.15, 0.2) is 0 Å². The number of halogens is 1. The smallest absolute Gasteiger partial charge is 0.330 e. The second-order valence-electron chi connectivity index (χ2n) is 4.50. The highest BCUT2D eigenvalue weighted by Crippen LogP contribution is 2.18. The van der Waals surface area contributed by atoms with Crippen LogP contribution >= 0.6 is 15.9 Å². The molecule has 1 aromatic rings. The maximum atomic E-state index is 12.2. The van der Waals surface area contributed by atoms with Gasteiger partial charge in [-0.25, -0.2) is 4.79 Å². The SMILES string of the molecule is Cc1cc(Br)ccc1CC(=O)N1CC=CC1C(=O)O. The van der Waals surface area contributed by atoms with Gasteiger partial charge in [-0.15, -0.1) is 0 Å². The molecule has 0 saturated carbocycles. The fourth-order valence-electron chi connectivity index (χ4n) is 2.12. The lowest BCUT2D eigenvalue weighted by Gasteiger charge is -2.21. The molecular formula is C14H14BrNO3. The van der Waals surface area contributed by atoms with Gasteiger partial charge in [0.2, 0.25) is 5.91 Å². The number of carbonyl (C=O) groups is 2.